The summed E-state index contributed by atoms with van der Waals surface area (Å²) in [4.78, 5) is 37.8. The maximum atomic E-state index is 12.6. The van der Waals surface area contributed by atoms with Crippen LogP contribution in [0.15, 0.2) is 53.3 Å². The Hall–Kier alpha value is -4.05. The number of hydrogen-bond acceptors (Lipinski definition) is 8. The third kappa shape index (κ3) is 6.88. The average molecular weight is 532 g/mol. The van der Waals surface area contributed by atoms with Crippen molar-refractivity contribution in [2.75, 3.05) is 44.7 Å². The third-order valence-corrected chi connectivity index (χ3v) is 6.68. The number of aryl methyl sites for hydroxylation is 1. The minimum Gasteiger partial charge on any atom is -0.366 e. The van der Waals surface area contributed by atoms with Gasteiger partial charge in [0, 0.05) is 62.5 Å². The van der Waals surface area contributed by atoms with Gasteiger partial charge in [0.1, 0.15) is 0 Å². The zero-order chi connectivity index (χ0) is 28.0. The molecule has 3 heterocycles. The van der Waals surface area contributed by atoms with Crippen LogP contribution < -0.4 is 15.5 Å². The van der Waals surface area contributed by atoms with E-state index in [9.17, 15) is 9.59 Å². The lowest BCUT2D eigenvalue weighted by molar-refractivity contribution is -0.126. The van der Waals surface area contributed by atoms with Crippen molar-refractivity contribution in [2.45, 2.75) is 39.7 Å². The minimum absolute atomic E-state index is 0.0337. The van der Waals surface area contributed by atoms with Crippen LogP contribution in [-0.4, -0.2) is 71.6 Å². The number of amides is 2. The normalized spacial score (nSPS) is 14.2. The summed E-state index contributed by atoms with van der Waals surface area (Å²) in [5.41, 5.74) is 4.93. The predicted octanol–water partition coefficient (Wildman–Crippen LogP) is 3.09. The van der Waals surface area contributed by atoms with E-state index in [0.717, 1.165) is 41.0 Å². The number of piperazine rings is 1. The highest BCUT2D eigenvalue weighted by molar-refractivity contribution is 5.90. The topological polar surface area (TPSA) is 116 Å². The Morgan fingerprint density at radius 1 is 1.13 bits per heavy atom. The fraction of sp³-hybridized carbons (Fsp3) is 0.414. The molecule has 3 aromatic rings. The molecule has 1 aromatic carbocycles. The maximum Gasteiger partial charge on any atom is 0.292 e. The molecule has 2 amide bonds. The first-order valence-electron chi connectivity index (χ1n) is 13.2. The smallest absolute Gasteiger partial charge is 0.292 e. The van der Waals surface area contributed by atoms with Crippen LogP contribution in [-0.2, 0) is 16.8 Å². The van der Waals surface area contributed by atoms with Crippen molar-refractivity contribution in [3.8, 4) is 11.1 Å². The maximum absolute atomic E-state index is 12.6. The van der Waals surface area contributed by atoms with Crippen LogP contribution in [0.5, 0.6) is 0 Å². The Balaban J connectivity index is 1.41. The standard InChI is InChI=1S/C29H37N7O3/c1-20-17-21(8-9-22(20)18-32-27(38)26-33-28(39-34-26)29(2,3)4)23-10-12-31-19-24(23)35-13-15-36(16-14-35)25(37)7-6-11-30-5/h6-10,12,17,19,30H,11,13-16,18H2,1-5H3,(H,32,38)/b7-6+. The Labute approximate surface area is 229 Å². The number of nitrogens with one attached hydrogen (secondary N) is 2. The monoisotopic (exact) mass is 531 g/mol. The number of nitrogens with zero attached hydrogens (tertiary/aromatic N) is 5. The van der Waals surface area contributed by atoms with Crippen molar-refractivity contribution >= 4 is 17.5 Å². The van der Waals surface area contributed by atoms with Gasteiger partial charge in [-0.2, -0.15) is 4.98 Å². The van der Waals surface area contributed by atoms with Crippen molar-refractivity contribution in [3.63, 3.8) is 0 Å². The largest absolute Gasteiger partial charge is 0.366 e. The molecule has 0 saturated carbocycles. The molecular weight excluding hydrogens is 494 g/mol. The number of anilines is 1. The van der Waals surface area contributed by atoms with Gasteiger partial charge in [-0.3, -0.25) is 14.6 Å². The van der Waals surface area contributed by atoms with Gasteiger partial charge < -0.3 is 25.0 Å². The van der Waals surface area contributed by atoms with Crippen molar-refractivity contribution in [1.29, 1.82) is 0 Å². The van der Waals surface area contributed by atoms with Gasteiger partial charge in [0.15, 0.2) is 0 Å². The van der Waals surface area contributed by atoms with Crippen LogP contribution >= 0.6 is 0 Å². The van der Waals surface area contributed by atoms with Crippen molar-refractivity contribution in [1.82, 2.24) is 30.7 Å². The SMILES string of the molecule is CNC/C=C/C(=O)N1CCN(c2cnccc2-c2ccc(CNC(=O)c3noc(C(C)(C)C)n3)c(C)c2)CC1. The van der Waals surface area contributed by atoms with Crippen molar-refractivity contribution in [3.05, 3.63) is 71.7 Å². The molecule has 0 radical (unpaired) electrons. The summed E-state index contributed by atoms with van der Waals surface area (Å²) in [5.74, 6) is 0.134. The molecular formula is C29H37N7O3. The number of carbonyl (C=O) groups is 2. The highest BCUT2D eigenvalue weighted by Crippen LogP contribution is 2.32. The van der Waals surface area contributed by atoms with Gasteiger partial charge >= 0.3 is 0 Å². The van der Waals surface area contributed by atoms with E-state index in [0.29, 0.717) is 32.1 Å². The number of likely N-dealkylation sites (N-methyl/N-ethyl adjacent to an activating group) is 1. The molecule has 39 heavy (non-hydrogen) atoms. The molecule has 0 aliphatic carbocycles. The zero-order valence-electron chi connectivity index (χ0n) is 23.3. The Bertz CT molecular complexity index is 1330. The van der Waals surface area contributed by atoms with Crippen LogP contribution in [0.4, 0.5) is 5.69 Å². The molecule has 1 fully saturated rings. The first-order chi connectivity index (χ1) is 18.7. The van der Waals surface area contributed by atoms with E-state index < -0.39 is 0 Å². The first kappa shape index (κ1) is 28.0. The van der Waals surface area contributed by atoms with Gasteiger partial charge in [0.2, 0.25) is 11.8 Å². The summed E-state index contributed by atoms with van der Waals surface area (Å²) >= 11 is 0. The predicted molar refractivity (Wildman–Crippen MR) is 150 cm³/mol. The van der Waals surface area contributed by atoms with Gasteiger partial charge in [0.05, 0.1) is 11.9 Å². The highest BCUT2D eigenvalue weighted by atomic mass is 16.5. The van der Waals surface area contributed by atoms with Gasteiger partial charge in [-0.05, 0) is 36.7 Å². The van der Waals surface area contributed by atoms with Crippen molar-refractivity contribution < 1.29 is 14.1 Å². The minimum atomic E-state index is -0.371. The molecule has 1 saturated heterocycles. The zero-order valence-corrected chi connectivity index (χ0v) is 23.3. The van der Waals surface area contributed by atoms with Crippen LogP contribution in [0.3, 0.4) is 0 Å². The first-order valence-corrected chi connectivity index (χ1v) is 13.2. The molecule has 0 atom stereocenters. The van der Waals surface area contributed by atoms with E-state index in [1.807, 2.05) is 64.0 Å². The van der Waals surface area contributed by atoms with E-state index in [4.69, 9.17) is 4.52 Å². The molecule has 1 aliphatic rings. The molecule has 10 nitrogen and oxygen atoms in total. The van der Waals surface area contributed by atoms with Gasteiger partial charge in [-0.15, -0.1) is 0 Å². The molecule has 0 unspecified atom stereocenters. The number of hydrogen-bond donors (Lipinski definition) is 2. The van der Waals surface area contributed by atoms with Gasteiger partial charge in [0.25, 0.3) is 11.7 Å². The number of carbonyl (C=O) groups excluding carboxylic acids is 2. The number of aromatic nitrogens is 3. The number of benzene rings is 1. The third-order valence-electron chi connectivity index (χ3n) is 6.68. The molecule has 0 bridgehead atoms. The molecule has 1 aliphatic heterocycles. The van der Waals surface area contributed by atoms with E-state index in [-0.39, 0.29) is 23.1 Å². The molecule has 10 heteroatoms. The van der Waals surface area contributed by atoms with Crippen molar-refractivity contribution in [2.24, 2.45) is 0 Å². The Morgan fingerprint density at radius 2 is 1.90 bits per heavy atom. The summed E-state index contributed by atoms with van der Waals surface area (Å²) in [6.07, 6.45) is 7.17. The summed E-state index contributed by atoms with van der Waals surface area (Å²) in [6.45, 7) is 11.7. The fourth-order valence-corrected chi connectivity index (χ4v) is 4.37. The summed E-state index contributed by atoms with van der Waals surface area (Å²) in [5, 5.41) is 9.72. The van der Waals surface area contributed by atoms with E-state index in [1.165, 1.54) is 0 Å². The summed E-state index contributed by atoms with van der Waals surface area (Å²) in [6, 6.07) is 8.23. The quantitative estimate of drug-likeness (QED) is 0.426. The second-order valence-electron chi connectivity index (χ2n) is 10.7. The van der Waals surface area contributed by atoms with E-state index in [1.54, 1.807) is 12.3 Å². The Kier molecular flexibility index (Phi) is 8.75. The van der Waals surface area contributed by atoms with Crippen LogP contribution in [0.25, 0.3) is 11.1 Å². The van der Waals surface area contributed by atoms with Crippen LogP contribution in [0.2, 0.25) is 0 Å². The average Bonchev–Trinajstić information content (AvgIpc) is 3.44. The Morgan fingerprint density at radius 3 is 2.56 bits per heavy atom. The fourth-order valence-electron chi connectivity index (χ4n) is 4.37. The van der Waals surface area contributed by atoms with E-state index in [2.05, 4.69) is 42.8 Å². The molecule has 2 N–H and O–H groups in total. The van der Waals surface area contributed by atoms with Crippen LogP contribution in [0, 0.1) is 6.92 Å². The molecule has 2 aromatic heterocycles. The highest BCUT2D eigenvalue weighted by Gasteiger charge is 2.25. The number of rotatable bonds is 8. The van der Waals surface area contributed by atoms with Gasteiger partial charge in [-0.25, -0.2) is 0 Å². The second-order valence-corrected chi connectivity index (χ2v) is 10.7. The lowest BCUT2D eigenvalue weighted by Gasteiger charge is -2.36. The van der Waals surface area contributed by atoms with Gasteiger partial charge in [-0.1, -0.05) is 50.2 Å². The lowest BCUT2D eigenvalue weighted by atomic mass is 9.97. The summed E-state index contributed by atoms with van der Waals surface area (Å²) < 4.78 is 5.23. The summed E-state index contributed by atoms with van der Waals surface area (Å²) in [7, 11) is 1.85. The molecule has 4 rings (SSSR count). The second kappa shape index (κ2) is 12.2. The molecule has 206 valence electrons. The molecule has 0 spiro atoms. The van der Waals surface area contributed by atoms with Crippen LogP contribution in [0.1, 0.15) is 48.4 Å². The lowest BCUT2D eigenvalue weighted by Crippen LogP contribution is -2.48. The number of pyridine rings is 1. The van der Waals surface area contributed by atoms with E-state index >= 15 is 0 Å².